The second kappa shape index (κ2) is 12.7. The smallest absolute Gasteiger partial charge is 0.254 e. The van der Waals surface area contributed by atoms with Crippen molar-refractivity contribution < 1.29 is 4.79 Å². The number of piperidine rings is 1. The summed E-state index contributed by atoms with van der Waals surface area (Å²) in [5.41, 5.74) is 5.59. The molecule has 0 saturated carbocycles. The van der Waals surface area contributed by atoms with E-state index in [0.29, 0.717) is 24.1 Å². The Morgan fingerprint density at radius 3 is 2.44 bits per heavy atom. The summed E-state index contributed by atoms with van der Waals surface area (Å²) < 4.78 is 0. The van der Waals surface area contributed by atoms with Gasteiger partial charge in [0.2, 0.25) is 0 Å². The van der Waals surface area contributed by atoms with E-state index in [9.17, 15) is 10.1 Å². The van der Waals surface area contributed by atoms with Gasteiger partial charge in [-0.2, -0.15) is 5.26 Å². The molecule has 1 aromatic heterocycles. The minimum atomic E-state index is -0.255. The van der Waals surface area contributed by atoms with Crippen molar-refractivity contribution in [2.24, 2.45) is 0 Å². The molecule has 1 aliphatic rings. The molecule has 1 aliphatic heterocycles. The zero-order chi connectivity index (χ0) is 27.0. The largest absolute Gasteiger partial charge is 0.340 e. The first-order valence-corrected chi connectivity index (χ1v) is 14.2. The number of nitrogens with one attached hydrogen (secondary N) is 1. The van der Waals surface area contributed by atoms with E-state index in [0.717, 1.165) is 49.3 Å². The van der Waals surface area contributed by atoms with Crippen molar-refractivity contribution in [2.75, 3.05) is 19.6 Å². The summed E-state index contributed by atoms with van der Waals surface area (Å²) in [5, 5.41) is 9.24. The second-order valence-corrected chi connectivity index (χ2v) is 10.5. The molecule has 1 saturated heterocycles. The molecular formula is C33H37N5O. The molecule has 200 valence electrons. The van der Waals surface area contributed by atoms with E-state index in [-0.39, 0.29) is 11.9 Å². The van der Waals surface area contributed by atoms with Gasteiger partial charge in [0.1, 0.15) is 5.82 Å². The summed E-state index contributed by atoms with van der Waals surface area (Å²) in [4.78, 5) is 27.1. The van der Waals surface area contributed by atoms with E-state index in [1.807, 2.05) is 29.2 Å². The van der Waals surface area contributed by atoms with Gasteiger partial charge in [0, 0.05) is 25.1 Å². The number of aromatic amines is 1. The quantitative estimate of drug-likeness (QED) is 0.255. The fourth-order valence-electron chi connectivity index (χ4n) is 5.54. The summed E-state index contributed by atoms with van der Waals surface area (Å²) in [5.74, 6) is 0.772. The topological polar surface area (TPSA) is 76.0 Å². The van der Waals surface area contributed by atoms with Crippen LogP contribution in [0.3, 0.4) is 0 Å². The van der Waals surface area contributed by atoms with Crippen LogP contribution < -0.4 is 0 Å². The zero-order valence-corrected chi connectivity index (χ0v) is 22.8. The monoisotopic (exact) mass is 519 g/mol. The molecule has 5 rings (SSSR count). The van der Waals surface area contributed by atoms with Crippen LogP contribution in [0.4, 0.5) is 0 Å². The maximum absolute atomic E-state index is 14.1. The van der Waals surface area contributed by atoms with Gasteiger partial charge in [0.15, 0.2) is 0 Å². The maximum atomic E-state index is 14.1. The van der Waals surface area contributed by atoms with Crippen LogP contribution >= 0.6 is 0 Å². The van der Waals surface area contributed by atoms with Gasteiger partial charge in [-0.1, -0.05) is 56.2 Å². The first-order chi connectivity index (χ1) is 19.2. The maximum Gasteiger partial charge on any atom is 0.254 e. The highest BCUT2D eigenvalue weighted by Gasteiger charge is 2.29. The van der Waals surface area contributed by atoms with Crippen LogP contribution in [0.5, 0.6) is 0 Å². The number of H-pyrrole nitrogens is 1. The second-order valence-electron chi connectivity index (χ2n) is 10.5. The Bertz CT molecular complexity index is 1400. The molecule has 0 aliphatic carbocycles. The van der Waals surface area contributed by atoms with Gasteiger partial charge in [-0.3, -0.25) is 9.69 Å². The van der Waals surface area contributed by atoms with Gasteiger partial charge in [0.05, 0.1) is 28.7 Å². The number of carbonyl (C=O) groups excluding carboxylic acids is 1. The van der Waals surface area contributed by atoms with E-state index in [1.54, 1.807) is 24.3 Å². The molecule has 6 nitrogen and oxygen atoms in total. The normalized spacial score (nSPS) is 14.7. The van der Waals surface area contributed by atoms with Crippen molar-refractivity contribution >= 4 is 16.9 Å². The number of fused-ring (bicyclic) bond motifs is 1. The molecule has 0 bridgehead atoms. The Morgan fingerprint density at radius 2 is 1.72 bits per heavy atom. The molecular weight excluding hydrogens is 482 g/mol. The highest BCUT2D eigenvalue weighted by atomic mass is 16.2. The van der Waals surface area contributed by atoms with Crippen LogP contribution in [0.1, 0.15) is 77.9 Å². The molecule has 4 aromatic rings. The van der Waals surface area contributed by atoms with Crippen molar-refractivity contribution in [3.63, 3.8) is 0 Å². The highest BCUT2D eigenvalue weighted by molar-refractivity contribution is 5.94. The average molecular weight is 520 g/mol. The highest BCUT2D eigenvalue weighted by Crippen LogP contribution is 2.29. The summed E-state index contributed by atoms with van der Waals surface area (Å²) in [6.45, 7) is 5.99. The third kappa shape index (κ3) is 6.38. The lowest BCUT2D eigenvalue weighted by Gasteiger charge is -2.32. The first kappa shape index (κ1) is 26.6. The molecule has 0 radical (unpaired) electrons. The van der Waals surface area contributed by atoms with Gasteiger partial charge in [-0.25, -0.2) is 4.98 Å². The number of amides is 1. The van der Waals surface area contributed by atoms with Crippen LogP contribution in [-0.2, 0) is 13.0 Å². The Balaban J connectivity index is 1.53. The number of hydrogen-bond acceptors (Lipinski definition) is 4. The number of carbonyl (C=O) groups is 1. The lowest BCUT2D eigenvalue weighted by molar-refractivity contribution is 0.0663. The lowest BCUT2D eigenvalue weighted by Crippen LogP contribution is -2.38. The summed E-state index contributed by atoms with van der Waals surface area (Å²) in [6, 6.07) is 25.6. The molecule has 1 N–H and O–H groups in total. The van der Waals surface area contributed by atoms with Crippen molar-refractivity contribution in [3.8, 4) is 6.07 Å². The van der Waals surface area contributed by atoms with Gasteiger partial charge in [0.25, 0.3) is 5.91 Å². The molecule has 2 heterocycles. The van der Waals surface area contributed by atoms with Crippen molar-refractivity contribution in [3.05, 3.63) is 101 Å². The van der Waals surface area contributed by atoms with E-state index < -0.39 is 0 Å². The van der Waals surface area contributed by atoms with E-state index in [1.165, 1.54) is 30.4 Å². The number of para-hydroxylation sites is 2. The lowest BCUT2D eigenvalue weighted by atomic mass is 9.97. The summed E-state index contributed by atoms with van der Waals surface area (Å²) >= 11 is 0. The Hall–Kier alpha value is -3.95. The van der Waals surface area contributed by atoms with Crippen LogP contribution in [0.15, 0.2) is 72.8 Å². The minimum absolute atomic E-state index is 0.0353. The first-order valence-electron chi connectivity index (χ1n) is 14.2. The standard InChI is InChI=1S/C33H37N5O/c1-2-3-21-38(33(39)26-17-15-25(23-34)16-18-26)31(32-35-29-13-7-8-14-30(29)36-32)22-27-11-5-6-12-28(27)24-37-19-9-4-10-20-37/h5-8,11-18,31H,2-4,9-10,19-22,24H2,1H3,(H,35,36). The zero-order valence-electron chi connectivity index (χ0n) is 22.8. The SMILES string of the molecule is CCCCN(C(=O)c1ccc(C#N)cc1)C(Cc1ccccc1CN1CCCCC1)c1nc2ccccc2[nH]1. The van der Waals surface area contributed by atoms with Gasteiger partial charge >= 0.3 is 0 Å². The fraction of sp³-hybridized carbons (Fsp3) is 0.364. The summed E-state index contributed by atoms with van der Waals surface area (Å²) in [6.07, 6.45) is 6.39. The molecule has 39 heavy (non-hydrogen) atoms. The molecule has 1 fully saturated rings. The number of aromatic nitrogens is 2. The number of unbranched alkanes of at least 4 members (excludes halogenated alkanes) is 1. The predicted octanol–water partition coefficient (Wildman–Crippen LogP) is 6.65. The van der Waals surface area contributed by atoms with E-state index in [4.69, 9.17) is 4.98 Å². The number of hydrogen-bond donors (Lipinski definition) is 1. The van der Waals surface area contributed by atoms with Gasteiger partial charge < -0.3 is 9.88 Å². The third-order valence-electron chi connectivity index (χ3n) is 7.75. The Kier molecular flexibility index (Phi) is 8.70. The van der Waals surface area contributed by atoms with E-state index in [2.05, 4.69) is 47.1 Å². The third-order valence-corrected chi connectivity index (χ3v) is 7.75. The van der Waals surface area contributed by atoms with Crippen LogP contribution in [-0.4, -0.2) is 45.3 Å². The van der Waals surface area contributed by atoms with Crippen LogP contribution in [0.2, 0.25) is 0 Å². The van der Waals surface area contributed by atoms with Gasteiger partial charge in [-0.15, -0.1) is 0 Å². The number of likely N-dealkylation sites (tertiary alicyclic amines) is 1. The predicted molar refractivity (Wildman–Crippen MR) is 155 cm³/mol. The molecule has 3 aromatic carbocycles. The Morgan fingerprint density at radius 1 is 1.00 bits per heavy atom. The average Bonchev–Trinajstić information content (AvgIpc) is 3.42. The van der Waals surface area contributed by atoms with Gasteiger partial charge in [-0.05, 0) is 79.9 Å². The van der Waals surface area contributed by atoms with Crippen molar-refractivity contribution in [2.45, 2.75) is 58.0 Å². The molecule has 6 heteroatoms. The fourth-order valence-corrected chi connectivity index (χ4v) is 5.54. The number of nitriles is 1. The number of nitrogens with zero attached hydrogens (tertiary/aromatic N) is 4. The van der Waals surface area contributed by atoms with Crippen molar-refractivity contribution in [1.82, 2.24) is 19.8 Å². The van der Waals surface area contributed by atoms with E-state index >= 15 is 0 Å². The molecule has 1 amide bonds. The Labute approximate surface area is 231 Å². The molecule has 0 spiro atoms. The van der Waals surface area contributed by atoms with Crippen LogP contribution in [0, 0.1) is 11.3 Å². The number of rotatable bonds is 10. The van der Waals surface area contributed by atoms with Crippen LogP contribution in [0.25, 0.3) is 11.0 Å². The minimum Gasteiger partial charge on any atom is -0.340 e. The number of benzene rings is 3. The number of imidazole rings is 1. The molecule has 1 atom stereocenters. The van der Waals surface area contributed by atoms with Crippen molar-refractivity contribution in [1.29, 1.82) is 5.26 Å². The summed E-state index contributed by atoms with van der Waals surface area (Å²) in [7, 11) is 0. The molecule has 1 unspecified atom stereocenters.